The normalized spacial score (nSPS) is 15.3. The summed E-state index contributed by atoms with van der Waals surface area (Å²) in [4.78, 5) is 25.9. The number of amides is 3. The Bertz CT molecular complexity index is 878. The maximum Gasteiger partial charge on any atom is 0.329 e. The molecule has 0 spiro atoms. The number of urea groups is 1. The Balaban J connectivity index is 1.81. The largest absolute Gasteiger partial charge is 0.493 e. The second-order valence-corrected chi connectivity index (χ2v) is 6.06. The van der Waals surface area contributed by atoms with E-state index in [9.17, 15) is 9.59 Å². The molecule has 0 aliphatic carbocycles. The Kier molecular flexibility index (Phi) is 5.14. The summed E-state index contributed by atoms with van der Waals surface area (Å²) in [7, 11) is 3.08. The van der Waals surface area contributed by atoms with Crippen LogP contribution in [-0.4, -0.2) is 31.1 Å². The van der Waals surface area contributed by atoms with Crippen molar-refractivity contribution in [3.63, 3.8) is 0 Å². The number of ether oxygens (including phenoxy) is 2. The zero-order chi connectivity index (χ0) is 18.7. The second kappa shape index (κ2) is 7.49. The van der Waals surface area contributed by atoms with Gasteiger partial charge in [-0.05, 0) is 41.5 Å². The number of imide groups is 1. The van der Waals surface area contributed by atoms with E-state index in [0.29, 0.717) is 22.1 Å². The van der Waals surface area contributed by atoms with Crippen molar-refractivity contribution >= 4 is 29.6 Å². The molecule has 0 atom stereocenters. The summed E-state index contributed by atoms with van der Waals surface area (Å²) in [5.41, 5.74) is 1.72. The van der Waals surface area contributed by atoms with Crippen LogP contribution in [0.4, 0.5) is 4.79 Å². The quantitative estimate of drug-likeness (QED) is 0.644. The number of halogens is 1. The zero-order valence-corrected chi connectivity index (χ0v) is 15.0. The van der Waals surface area contributed by atoms with Crippen LogP contribution >= 0.6 is 11.6 Å². The van der Waals surface area contributed by atoms with Crippen molar-refractivity contribution in [3.8, 4) is 11.5 Å². The monoisotopic (exact) mass is 372 g/mol. The molecule has 2 aromatic carbocycles. The fourth-order valence-corrected chi connectivity index (χ4v) is 2.72. The van der Waals surface area contributed by atoms with Crippen LogP contribution < -0.4 is 14.8 Å². The van der Waals surface area contributed by atoms with Gasteiger partial charge in [-0.2, -0.15) is 0 Å². The SMILES string of the molecule is COc1ccc(C=C2NC(=O)N(Cc3ccc(Cl)cc3)C2=O)cc1OC. The van der Waals surface area contributed by atoms with Gasteiger partial charge in [0.05, 0.1) is 20.8 Å². The first kappa shape index (κ1) is 17.8. The lowest BCUT2D eigenvalue weighted by Crippen LogP contribution is -2.30. The summed E-state index contributed by atoms with van der Waals surface area (Å²) >= 11 is 5.86. The van der Waals surface area contributed by atoms with E-state index in [1.807, 2.05) is 0 Å². The maximum absolute atomic E-state index is 12.6. The highest BCUT2D eigenvalue weighted by Crippen LogP contribution is 2.29. The van der Waals surface area contributed by atoms with Gasteiger partial charge >= 0.3 is 6.03 Å². The zero-order valence-electron chi connectivity index (χ0n) is 14.3. The van der Waals surface area contributed by atoms with E-state index in [4.69, 9.17) is 21.1 Å². The molecule has 1 heterocycles. The Morgan fingerprint density at radius 3 is 2.38 bits per heavy atom. The topological polar surface area (TPSA) is 67.9 Å². The summed E-state index contributed by atoms with van der Waals surface area (Å²) < 4.78 is 10.4. The summed E-state index contributed by atoms with van der Waals surface area (Å²) in [5.74, 6) is 0.733. The van der Waals surface area contributed by atoms with E-state index >= 15 is 0 Å². The van der Waals surface area contributed by atoms with E-state index in [2.05, 4.69) is 5.32 Å². The van der Waals surface area contributed by atoms with Gasteiger partial charge in [-0.25, -0.2) is 4.79 Å². The Hall–Kier alpha value is -2.99. The molecule has 1 aliphatic heterocycles. The van der Waals surface area contributed by atoms with Crippen LogP contribution in [0.15, 0.2) is 48.2 Å². The number of hydrogen-bond acceptors (Lipinski definition) is 4. The van der Waals surface area contributed by atoms with Crippen LogP contribution in [0.2, 0.25) is 5.02 Å². The lowest BCUT2D eigenvalue weighted by molar-refractivity contribution is -0.123. The van der Waals surface area contributed by atoms with Crippen molar-refractivity contribution in [3.05, 3.63) is 64.3 Å². The average molecular weight is 373 g/mol. The van der Waals surface area contributed by atoms with Gasteiger partial charge in [-0.3, -0.25) is 9.69 Å². The highest BCUT2D eigenvalue weighted by atomic mass is 35.5. The fraction of sp³-hybridized carbons (Fsp3) is 0.158. The van der Waals surface area contributed by atoms with E-state index in [1.54, 1.807) is 55.7 Å². The van der Waals surface area contributed by atoms with E-state index in [-0.39, 0.29) is 18.1 Å². The fourth-order valence-electron chi connectivity index (χ4n) is 2.60. The van der Waals surface area contributed by atoms with Crippen molar-refractivity contribution in [1.29, 1.82) is 0 Å². The molecular formula is C19H17ClN2O4. The molecule has 3 amide bonds. The average Bonchev–Trinajstić information content (AvgIpc) is 2.90. The molecule has 0 radical (unpaired) electrons. The van der Waals surface area contributed by atoms with Gasteiger partial charge in [-0.15, -0.1) is 0 Å². The van der Waals surface area contributed by atoms with Gasteiger partial charge in [0.25, 0.3) is 5.91 Å². The highest BCUT2D eigenvalue weighted by Gasteiger charge is 2.33. The number of nitrogens with zero attached hydrogens (tertiary/aromatic N) is 1. The molecule has 0 unspecified atom stereocenters. The van der Waals surface area contributed by atoms with Crippen molar-refractivity contribution in [1.82, 2.24) is 10.2 Å². The van der Waals surface area contributed by atoms with Crippen molar-refractivity contribution < 1.29 is 19.1 Å². The van der Waals surface area contributed by atoms with Crippen LogP contribution in [0, 0.1) is 0 Å². The van der Waals surface area contributed by atoms with Crippen LogP contribution in [0.5, 0.6) is 11.5 Å². The predicted octanol–water partition coefficient (Wildman–Crippen LogP) is 3.45. The molecule has 6 nitrogen and oxygen atoms in total. The summed E-state index contributed by atoms with van der Waals surface area (Å²) in [6, 6.07) is 11.8. The first-order valence-electron chi connectivity index (χ1n) is 7.83. The minimum atomic E-state index is -0.461. The first-order valence-corrected chi connectivity index (χ1v) is 8.20. The maximum atomic E-state index is 12.6. The van der Waals surface area contributed by atoms with Crippen LogP contribution in [0.1, 0.15) is 11.1 Å². The summed E-state index contributed by atoms with van der Waals surface area (Å²) in [6.45, 7) is 0.172. The van der Waals surface area contributed by atoms with Gasteiger partial charge in [-0.1, -0.05) is 29.8 Å². The first-order chi connectivity index (χ1) is 12.5. The van der Waals surface area contributed by atoms with Crippen molar-refractivity contribution in [2.75, 3.05) is 14.2 Å². The third-order valence-corrected chi connectivity index (χ3v) is 4.19. The number of benzene rings is 2. The smallest absolute Gasteiger partial charge is 0.329 e. The third kappa shape index (κ3) is 3.65. The second-order valence-electron chi connectivity index (χ2n) is 5.62. The molecule has 0 aromatic heterocycles. The summed E-state index contributed by atoms with van der Waals surface area (Å²) in [5, 5.41) is 3.20. The molecule has 2 aromatic rings. The minimum Gasteiger partial charge on any atom is -0.493 e. The van der Waals surface area contributed by atoms with Crippen LogP contribution in [0.3, 0.4) is 0 Å². The Labute approximate surface area is 156 Å². The number of carbonyl (C=O) groups excluding carboxylic acids is 2. The van der Waals surface area contributed by atoms with E-state index < -0.39 is 6.03 Å². The van der Waals surface area contributed by atoms with Gasteiger partial charge < -0.3 is 14.8 Å². The molecule has 26 heavy (non-hydrogen) atoms. The lowest BCUT2D eigenvalue weighted by Gasteiger charge is -2.11. The Morgan fingerprint density at radius 2 is 1.73 bits per heavy atom. The highest BCUT2D eigenvalue weighted by molar-refractivity contribution is 6.30. The third-order valence-electron chi connectivity index (χ3n) is 3.93. The number of nitrogens with one attached hydrogen (secondary N) is 1. The molecule has 134 valence electrons. The predicted molar refractivity (Wildman–Crippen MR) is 98.1 cm³/mol. The molecule has 1 fully saturated rings. The van der Waals surface area contributed by atoms with Gasteiger partial charge in [0.1, 0.15) is 5.70 Å². The molecule has 1 aliphatic rings. The van der Waals surface area contributed by atoms with Crippen molar-refractivity contribution in [2.45, 2.75) is 6.54 Å². The van der Waals surface area contributed by atoms with Crippen LogP contribution in [0.25, 0.3) is 6.08 Å². The standard InChI is InChI=1S/C19H17ClN2O4/c1-25-16-8-5-13(10-17(16)26-2)9-15-18(23)22(19(24)21-15)11-12-3-6-14(20)7-4-12/h3-10H,11H2,1-2H3,(H,21,24). The van der Waals surface area contributed by atoms with Crippen LogP contribution in [-0.2, 0) is 11.3 Å². The minimum absolute atomic E-state index is 0.172. The van der Waals surface area contributed by atoms with Gasteiger partial charge in [0.2, 0.25) is 0 Å². The molecule has 1 saturated heterocycles. The number of carbonyl (C=O) groups is 2. The summed E-state index contributed by atoms with van der Waals surface area (Å²) in [6.07, 6.45) is 1.60. The molecule has 0 saturated carbocycles. The molecular weight excluding hydrogens is 356 g/mol. The van der Waals surface area contributed by atoms with E-state index in [0.717, 1.165) is 10.5 Å². The number of methoxy groups -OCH3 is 2. The number of hydrogen-bond donors (Lipinski definition) is 1. The molecule has 0 bridgehead atoms. The van der Waals surface area contributed by atoms with E-state index in [1.165, 1.54) is 7.11 Å². The number of rotatable bonds is 5. The Morgan fingerprint density at radius 1 is 1.04 bits per heavy atom. The lowest BCUT2D eigenvalue weighted by atomic mass is 10.1. The van der Waals surface area contributed by atoms with Gasteiger partial charge in [0, 0.05) is 5.02 Å². The molecule has 1 N–H and O–H groups in total. The van der Waals surface area contributed by atoms with Crippen molar-refractivity contribution in [2.24, 2.45) is 0 Å². The molecule has 3 rings (SSSR count). The molecule has 7 heteroatoms. The van der Waals surface area contributed by atoms with Gasteiger partial charge in [0.15, 0.2) is 11.5 Å².